The predicted molar refractivity (Wildman–Crippen MR) is 72.4 cm³/mol. The van der Waals surface area contributed by atoms with Crippen LogP contribution in [0, 0.1) is 5.92 Å². The molecule has 0 spiro atoms. The average molecular weight is 304 g/mol. The quantitative estimate of drug-likeness (QED) is 0.849. The van der Waals surface area contributed by atoms with Gasteiger partial charge in [-0.1, -0.05) is 32.4 Å². The van der Waals surface area contributed by atoms with E-state index < -0.39 is 12.4 Å². The molecule has 1 rings (SSSR count). The summed E-state index contributed by atoms with van der Waals surface area (Å²) >= 11 is 0. The summed E-state index contributed by atoms with van der Waals surface area (Å²) in [5, 5.41) is 2.65. The Kier molecular flexibility index (Phi) is 6.02. The average Bonchev–Trinajstić information content (AvgIpc) is 2.42. The smallest absolute Gasteiger partial charge is 0.406 e. The summed E-state index contributed by atoms with van der Waals surface area (Å²) in [4.78, 5) is 11.8. The summed E-state index contributed by atoms with van der Waals surface area (Å²) in [6, 6.07) is 4.71. The van der Waals surface area contributed by atoms with Gasteiger partial charge in [-0.05, 0) is 23.6 Å². The maximum absolute atomic E-state index is 12.0. The molecule has 4 nitrogen and oxygen atoms in total. The van der Waals surface area contributed by atoms with E-state index in [1.54, 1.807) is 0 Å². The molecule has 1 unspecified atom stereocenters. The van der Waals surface area contributed by atoms with Gasteiger partial charge in [-0.15, -0.1) is 13.2 Å². The van der Waals surface area contributed by atoms with Crippen LogP contribution in [0.25, 0.3) is 0 Å². The van der Waals surface area contributed by atoms with Crippen molar-refractivity contribution < 1.29 is 22.7 Å². The molecule has 0 aliphatic heterocycles. The molecule has 2 atom stereocenters. The van der Waals surface area contributed by atoms with Crippen molar-refractivity contribution in [2.45, 2.75) is 39.2 Å². The topological polar surface area (TPSA) is 64.4 Å². The number of nitrogens with one attached hydrogen (secondary N) is 1. The first-order chi connectivity index (χ1) is 9.73. The number of halogens is 3. The van der Waals surface area contributed by atoms with Gasteiger partial charge in [0.25, 0.3) is 0 Å². The fourth-order valence-electron chi connectivity index (χ4n) is 1.63. The highest BCUT2D eigenvalue weighted by atomic mass is 19.4. The summed E-state index contributed by atoms with van der Waals surface area (Å²) in [5.74, 6) is -0.513. The minimum Gasteiger partial charge on any atom is -0.406 e. The Balaban J connectivity index is 2.51. The molecule has 0 aromatic heterocycles. The second kappa shape index (κ2) is 7.31. The van der Waals surface area contributed by atoms with Crippen LogP contribution in [0.5, 0.6) is 5.75 Å². The van der Waals surface area contributed by atoms with Crippen LogP contribution in [0.15, 0.2) is 24.3 Å². The minimum atomic E-state index is -4.71. The molecular weight excluding hydrogens is 285 g/mol. The second-order valence-electron chi connectivity index (χ2n) is 4.82. The third-order valence-corrected chi connectivity index (χ3v) is 3.18. The molecule has 0 saturated carbocycles. The Morgan fingerprint density at radius 1 is 1.33 bits per heavy atom. The van der Waals surface area contributed by atoms with Gasteiger partial charge in [-0.2, -0.15) is 0 Å². The normalized spacial score (nSPS) is 14.4. The molecule has 21 heavy (non-hydrogen) atoms. The first-order valence-electron chi connectivity index (χ1n) is 6.61. The summed E-state index contributed by atoms with van der Waals surface area (Å²) in [6.07, 6.45) is -3.92. The molecule has 3 N–H and O–H groups in total. The summed E-state index contributed by atoms with van der Waals surface area (Å²) in [6.45, 7) is 4.03. The van der Waals surface area contributed by atoms with Crippen molar-refractivity contribution in [1.82, 2.24) is 5.32 Å². The van der Waals surface area contributed by atoms with Crippen LogP contribution in [0.4, 0.5) is 13.2 Å². The van der Waals surface area contributed by atoms with Crippen molar-refractivity contribution in [2.75, 3.05) is 0 Å². The van der Waals surface area contributed by atoms with E-state index in [0.29, 0.717) is 5.56 Å². The SMILES string of the molecule is CCC(C)[C@H](N)C(=O)NCc1ccc(OC(F)(F)F)cc1. The number of hydrogen-bond donors (Lipinski definition) is 2. The fraction of sp³-hybridized carbons (Fsp3) is 0.500. The van der Waals surface area contributed by atoms with E-state index >= 15 is 0 Å². The van der Waals surface area contributed by atoms with E-state index in [1.165, 1.54) is 24.3 Å². The molecule has 0 bridgehead atoms. The van der Waals surface area contributed by atoms with Crippen LogP contribution in [0.1, 0.15) is 25.8 Å². The van der Waals surface area contributed by atoms with Crippen LogP contribution in [-0.2, 0) is 11.3 Å². The van der Waals surface area contributed by atoms with Crippen LogP contribution in [-0.4, -0.2) is 18.3 Å². The Labute approximate surface area is 121 Å². The highest BCUT2D eigenvalue weighted by molar-refractivity contribution is 5.81. The monoisotopic (exact) mass is 304 g/mol. The van der Waals surface area contributed by atoms with Crippen LogP contribution >= 0.6 is 0 Å². The maximum atomic E-state index is 12.0. The lowest BCUT2D eigenvalue weighted by molar-refractivity contribution is -0.274. The largest absolute Gasteiger partial charge is 0.573 e. The molecule has 0 fully saturated rings. The second-order valence-corrected chi connectivity index (χ2v) is 4.82. The Morgan fingerprint density at radius 3 is 2.38 bits per heavy atom. The van der Waals surface area contributed by atoms with Gasteiger partial charge < -0.3 is 15.8 Å². The molecule has 1 aromatic carbocycles. The van der Waals surface area contributed by atoms with E-state index in [9.17, 15) is 18.0 Å². The van der Waals surface area contributed by atoms with E-state index in [0.717, 1.165) is 6.42 Å². The zero-order valence-electron chi connectivity index (χ0n) is 11.9. The molecule has 0 heterocycles. The molecule has 0 aliphatic rings. The number of hydrogen-bond acceptors (Lipinski definition) is 3. The molecule has 1 amide bonds. The van der Waals surface area contributed by atoms with Gasteiger partial charge in [-0.25, -0.2) is 0 Å². The summed E-state index contributed by atoms with van der Waals surface area (Å²) in [5.41, 5.74) is 6.43. The third kappa shape index (κ3) is 6.03. The van der Waals surface area contributed by atoms with E-state index in [-0.39, 0.29) is 24.1 Å². The van der Waals surface area contributed by atoms with Crippen molar-refractivity contribution in [3.8, 4) is 5.75 Å². The molecular formula is C14H19F3N2O2. The van der Waals surface area contributed by atoms with Gasteiger partial charge in [0.1, 0.15) is 5.75 Å². The highest BCUT2D eigenvalue weighted by Crippen LogP contribution is 2.22. The lowest BCUT2D eigenvalue weighted by Crippen LogP contribution is -2.44. The Hall–Kier alpha value is -1.76. The zero-order valence-corrected chi connectivity index (χ0v) is 11.9. The highest BCUT2D eigenvalue weighted by Gasteiger charge is 2.30. The van der Waals surface area contributed by atoms with Crippen LogP contribution < -0.4 is 15.8 Å². The summed E-state index contributed by atoms with van der Waals surface area (Å²) in [7, 11) is 0. The van der Waals surface area contributed by atoms with Crippen molar-refractivity contribution in [2.24, 2.45) is 11.7 Å². The molecule has 0 aliphatic carbocycles. The number of rotatable bonds is 6. The zero-order chi connectivity index (χ0) is 16.0. The van der Waals surface area contributed by atoms with Crippen molar-refractivity contribution in [3.63, 3.8) is 0 Å². The Bertz CT molecular complexity index is 460. The van der Waals surface area contributed by atoms with Gasteiger partial charge in [0.15, 0.2) is 0 Å². The fourth-order valence-corrected chi connectivity index (χ4v) is 1.63. The van der Waals surface area contributed by atoms with Gasteiger partial charge >= 0.3 is 6.36 Å². The number of benzene rings is 1. The van der Waals surface area contributed by atoms with E-state index in [1.807, 2.05) is 13.8 Å². The minimum absolute atomic E-state index is 0.0626. The molecule has 1 aromatic rings. The molecule has 7 heteroatoms. The Morgan fingerprint density at radius 2 is 1.90 bits per heavy atom. The van der Waals surface area contributed by atoms with E-state index in [2.05, 4.69) is 10.1 Å². The van der Waals surface area contributed by atoms with Crippen molar-refractivity contribution in [3.05, 3.63) is 29.8 Å². The lowest BCUT2D eigenvalue weighted by atomic mass is 9.99. The van der Waals surface area contributed by atoms with Gasteiger partial charge in [0, 0.05) is 6.54 Å². The van der Waals surface area contributed by atoms with Crippen molar-refractivity contribution >= 4 is 5.91 Å². The van der Waals surface area contributed by atoms with Crippen LogP contribution in [0.2, 0.25) is 0 Å². The predicted octanol–water partition coefficient (Wildman–Crippen LogP) is 2.57. The van der Waals surface area contributed by atoms with Crippen LogP contribution in [0.3, 0.4) is 0 Å². The number of alkyl halides is 3. The first kappa shape index (κ1) is 17.3. The van der Waals surface area contributed by atoms with Gasteiger partial charge in [0.2, 0.25) is 5.91 Å². The maximum Gasteiger partial charge on any atom is 0.573 e. The van der Waals surface area contributed by atoms with Crippen molar-refractivity contribution in [1.29, 1.82) is 0 Å². The lowest BCUT2D eigenvalue weighted by Gasteiger charge is -2.17. The first-order valence-corrected chi connectivity index (χ1v) is 6.61. The van der Waals surface area contributed by atoms with Gasteiger partial charge in [-0.3, -0.25) is 4.79 Å². The van der Waals surface area contributed by atoms with E-state index in [4.69, 9.17) is 5.73 Å². The number of ether oxygens (including phenoxy) is 1. The number of carbonyl (C=O) groups excluding carboxylic acids is 1. The molecule has 118 valence electrons. The third-order valence-electron chi connectivity index (χ3n) is 3.18. The molecule has 0 saturated heterocycles. The number of amides is 1. The van der Waals surface area contributed by atoms with Gasteiger partial charge in [0.05, 0.1) is 6.04 Å². The number of nitrogens with two attached hydrogens (primary N) is 1. The molecule has 0 radical (unpaired) electrons. The standard InChI is InChI=1S/C14H19F3N2O2/c1-3-9(2)12(18)13(20)19-8-10-4-6-11(7-5-10)21-14(15,16)17/h4-7,9,12H,3,8,18H2,1-2H3,(H,19,20)/t9?,12-/m0/s1. The number of carbonyl (C=O) groups is 1. The summed E-state index contributed by atoms with van der Waals surface area (Å²) < 4.78 is 39.8.